The Labute approximate surface area is 235 Å². The van der Waals surface area contributed by atoms with Crippen LogP contribution in [0.5, 0.6) is 0 Å². The van der Waals surface area contributed by atoms with E-state index in [9.17, 15) is 24.0 Å². The maximum atomic E-state index is 12.6. The third kappa shape index (κ3) is 4.61. The van der Waals surface area contributed by atoms with Gasteiger partial charge in [-0.1, -0.05) is 20.4 Å². The van der Waals surface area contributed by atoms with Crippen LogP contribution in [0.1, 0.15) is 87.0 Å². The summed E-state index contributed by atoms with van der Waals surface area (Å²) in [6.45, 7) is 15.2. The zero-order valence-corrected chi connectivity index (χ0v) is 24.6. The van der Waals surface area contributed by atoms with Gasteiger partial charge in [0.2, 0.25) is 0 Å². The van der Waals surface area contributed by atoms with Crippen LogP contribution in [-0.2, 0) is 47.7 Å². The Hall–Kier alpha value is -2.91. The fraction of sp³-hybridized carbons (Fsp3) is 0.767. The second-order valence-electron chi connectivity index (χ2n) is 12.8. The van der Waals surface area contributed by atoms with E-state index in [1.807, 2.05) is 6.92 Å². The molecule has 0 aromatic heterocycles. The molecular formula is C30H42O10. The molecule has 0 unspecified atom stereocenters. The van der Waals surface area contributed by atoms with Crippen LogP contribution in [-0.4, -0.2) is 60.4 Å². The number of hydrogen-bond acceptors (Lipinski definition) is 10. The van der Waals surface area contributed by atoms with E-state index in [0.717, 1.165) is 0 Å². The molecule has 10 nitrogen and oxygen atoms in total. The number of carbonyl (C=O) groups excluding carboxylic acids is 5. The summed E-state index contributed by atoms with van der Waals surface area (Å²) < 4.78 is 29.4. The van der Waals surface area contributed by atoms with E-state index in [-0.39, 0.29) is 18.4 Å². The van der Waals surface area contributed by atoms with Crippen molar-refractivity contribution in [2.24, 2.45) is 28.1 Å². The highest BCUT2D eigenvalue weighted by Crippen LogP contribution is 2.74. The van der Waals surface area contributed by atoms with Gasteiger partial charge in [0.25, 0.3) is 0 Å². The predicted molar refractivity (Wildman–Crippen MR) is 140 cm³/mol. The Balaban J connectivity index is 1.90. The summed E-state index contributed by atoms with van der Waals surface area (Å²) in [5, 5.41) is 0. The first kappa shape index (κ1) is 30.1. The molecule has 1 spiro atoms. The van der Waals surface area contributed by atoms with E-state index >= 15 is 0 Å². The molecule has 0 aromatic carbocycles. The van der Waals surface area contributed by atoms with Gasteiger partial charge in [0.05, 0.1) is 5.41 Å². The van der Waals surface area contributed by atoms with Gasteiger partial charge in [-0.15, -0.1) is 0 Å². The molecule has 40 heavy (non-hydrogen) atoms. The van der Waals surface area contributed by atoms with Gasteiger partial charge in [-0.2, -0.15) is 0 Å². The van der Waals surface area contributed by atoms with Crippen LogP contribution < -0.4 is 0 Å². The molecule has 2 bridgehead atoms. The lowest BCUT2D eigenvalue weighted by Gasteiger charge is -2.67. The van der Waals surface area contributed by atoms with Gasteiger partial charge in [0, 0.05) is 52.0 Å². The van der Waals surface area contributed by atoms with Gasteiger partial charge >= 0.3 is 29.8 Å². The molecule has 0 amide bonds. The van der Waals surface area contributed by atoms with Crippen molar-refractivity contribution in [3.8, 4) is 0 Å². The van der Waals surface area contributed by atoms with E-state index in [1.165, 1.54) is 34.6 Å². The topological polar surface area (TPSA) is 132 Å². The van der Waals surface area contributed by atoms with E-state index in [1.54, 1.807) is 0 Å². The molecule has 4 rings (SSSR count). The molecule has 222 valence electrons. The van der Waals surface area contributed by atoms with Crippen LogP contribution in [0.25, 0.3) is 0 Å². The molecular weight excluding hydrogens is 520 g/mol. The summed E-state index contributed by atoms with van der Waals surface area (Å²) in [6, 6.07) is 0. The number of ether oxygens (including phenoxy) is 5. The van der Waals surface area contributed by atoms with E-state index in [2.05, 4.69) is 13.5 Å². The first-order valence-electron chi connectivity index (χ1n) is 14.1. The fourth-order valence-electron chi connectivity index (χ4n) is 9.21. The molecule has 0 aliphatic heterocycles. The van der Waals surface area contributed by atoms with Crippen molar-refractivity contribution >= 4 is 29.8 Å². The summed E-state index contributed by atoms with van der Waals surface area (Å²) in [6.07, 6.45) is 0.924. The van der Waals surface area contributed by atoms with Gasteiger partial charge in [0.1, 0.15) is 30.5 Å². The molecule has 0 aromatic rings. The summed E-state index contributed by atoms with van der Waals surface area (Å²) in [4.78, 5) is 61.4. The highest BCUT2D eigenvalue weighted by atomic mass is 16.6. The smallest absolute Gasteiger partial charge is 0.303 e. The van der Waals surface area contributed by atoms with Crippen molar-refractivity contribution < 1.29 is 47.7 Å². The highest BCUT2D eigenvalue weighted by molar-refractivity contribution is 5.70. The van der Waals surface area contributed by atoms with Crippen molar-refractivity contribution in [3.05, 3.63) is 12.2 Å². The third-order valence-corrected chi connectivity index (χ3v) is 10.4. The molecule has 9 atom stereocenters. The maximum Gasteiger partial charge on any atom is 0.303 e. The predicted octanol–water partition coefficient (Wildman–Crippen LogP) is 3.83. The summed E-state index contributed by atoms with van der Waals surface area (Å²) in [5.74, 6) is -2.63. The van der Waals surface area contributed by atoms with Gasteiger partial charge < -0.3 is 23.7 Å². The summed E-state index contributed by atoms with van der Waals surface area (Å²) in [5.41, 5.74) is -2.60. The zero-order valence-electron chi connectivity index (χ0n) is 24.6. The lowest BCUT2D eigenvalue weighted by molar-refractivity contribution is -0.262. The number of esters is 5. The van der Waals surface area contributed by atoms with Gasteiger partial charge in [-0.3, -0.25) is 24.0 Å². The lowest BCUT2D eigenvalue weighted by atomic mass is 9.39. The Kier molecular flexibility index (Phi) is 7.65. The minimum Gasteiger partial charge on any atom is -0.465 e. The van der Waals surface area contributed by atoms with Crippen LogP contribution in [0, 0.1) is 28.1 Å². The van der Waals surface area contributed by atoms with Gasteiger partial charge in [0.15, 0.2) is 0 Å². The van der Waals surface area contributed by atoms with E-state index < -0.39 is 70.0 Å². The maximum absolute atomic E-state index is 12.6. The Bertz CT molecular complexity index is 1130. The number of carbonyl (C=O) groups is 5. The standard InChI is InChI=1S/C30H42O10/c1-16-26(39-20(5)34)30-14-29(16,40-21(6)35)12-9-22(30)27(7)11-10-24(37-18(3)32)28(8,15-36-17(2)31)23(27)13-25(30)38-19(4)33/h22-26H,1,9-15H2,2-8H3/t22-,23-,24+,25-,26-,27-,28+,29-,30+/m0/s1. The summed E-state index contributed by atoms with van der Waals surface area (Å²) in [7, 11) is 0. The average molecular weight is 563 g/mol. The van der Waals surface area contributed by atoms with Crippen LogP contribution in [0.15, 0.2) is 12.2 Å². The van der Waals surface area contributed by atoms with Gasteiger partial charge in [-0.05, 0) is 49.4 Å². The molecule has 4 aliphatic carbocycles. The second-order valence-corrected chi connectivity index (χ2v) is 12.8. The third-order valence-electron chi connectivity index (χ3n) is 10.4. The molecule has 10 heteroatoms. The SMILES string of the molecule is C=C1[C@H](OC(C)=O)[C@]23C[C@@]1(OC(C)=O)CC[C@H]2[C@]1(C)CC[C@@H](OC(C)=O)[C@](C)(COC(C)=O)[C@H]1C[C@@H]3OC(C)=O. The highest BCUT2D eigenvalue weighted by Gasteiger charge is 2.77. The molecule has 4 aliphatic rings. The monoisotopic (exact) mass is 562 g/mol. The number of hydrogen-bond donors (Lipinski definition) is 0. The van der Waals surface area contributed by atoms with Crippen LogP contribution >= 0.6 is 0 Å². The minimum absolute atomic E-state index is 0.0323. The first-order valence-corrected chi connectivity index (χ1v) is 14.1. The number of fused-ring (bicyclic) bond motifs is 3. The summed E-state index contributed by atoms with van der Waals surface area (Å²) >= 11 is 0. The quantitative estimate of drug-likeness (QED) is 0.267. The largest absolute Gasteiger partial charge is 0.465 e. The Morgan fingerprint density at radius 3 is 1.93 bits per heavy atom. The van der Waals surface area contributed by atoms with E-state index in [0.29, 0.717) is 44.1 Å². The molecule has 0 heterocycles. The molecule has 4 fully saturated rings. The van der Waals surface area contributed by atoms with Crippen LogP contribution in [0.3, 0.4) is 0 Å². The van der Waals surface area contributed by atoms with Crippen molar-refractivity contribution in [1.29, 1.82) is 0 Å². The first-order chi connectivity index (χ1) is 18.5. The van der Waals surface area contributed by atoms with Gasteiger partial charge in [-0.25, -0.2) is 0 Å². The molecule has 4 saturated carbocycles. The Morgan fingerprint density at radius 1 is 0.775 bits per heavy atom. The zero-order chi connectivity index (χ0) is 29.8. The lowest BCUT2D eigenvalue weighted by Crippen LogP contribution is -2.68. The van der Waals surface area contributed by atoms with Crippen molar-refractivity contribution in [2.45, 2.75) is 111 Å². The molecule has 0 radical (unpaired) electrons. The van der Waals surface area contributed by atoms with Crippen molar-refractivity contribution in [1.82, 2.24) is 0 Å². The normalized spacial score (nSPS) is 41.6. The molecule has 0 saturated heterocycles. The fourth-order valence-corrected chi connectivity index (χ4v) is 9.21. The Morgan fingerprint density at radius 2 is 1.38 bits per heavy atom. The van der Waals surface area contributed by atoms with Crippen molar-refractivity contribution in [3.63, 3.8) is 0 Å². The molecule has 0 N–H and O–H groups in total. The number of rotatable bonds is 6. The van der Waals surface area contributed by atoms with Crippen LogP contribution in [0.2, 0.25) is 0 Å². The second kappa shape index (κ2) is 10.2. The average Bonchev–Trinajstić information content (AvgIpc) is 2.98. The van der Waals surface area contributed by atoms with E-state index in [4.69, 9.17) is 23.7 Å². The van der Waals surface area contributed by atoms with Crippen molar-refractivity contribution in [2.75, 3.05) is 6.61 Å². The minimum atomic E-state index is -1.04. The van der Waals surface area contributed by atoms with Crippen LogP contribution in [0.4, 0.5) is 0 Å².